The average molecular weight is 592 g/mol. The summed E-state index contributed by atoms with van der Waals surface area (Å²) in [6.45, 7) is 1.76. The molecule has 2 aliphatic rings. The van der Waals surface area contributed by atoms with E-state index in [1.165, 1.54) is 36.9 Å². The number of carbonyl (C=O) groups excluding carboxylic acids is 2. The first-order chi connectivity index (χ1) is 21.5. The third-order valence-corrected chi connectivity index (χ3v) is 8.26. The number of aliphatic hydroxyl groups is 1. The summed E-state index contributed by atoms with van der Waals surface area (Å²) in [6.07, 6.45) is 3.70. The molecule has 7 rings (SSSR count). The van der Waals surface area contributed by atoms with Gasteiger partial charge in [0.15, 0.2) is 0 Å². The summed E-state index contributed by atoms with van der Waals surface area (Å²) in [5.41, 5.74) is 5.58. The first kappa shape index (κ1) is 27.9. The fourth-order valence-electron chi connectivity index (χ4n) is 5.70. The van der Waals surface area contributed by atoms with E-state index in [4.69, 9.17) is 4.74 Å². The van der Waals surface area contributed by atoms with E-state index in [-0.39, 0.29) is 11.6 Å². The van der Waals surface area contributed by atoms with Crippen LogP contribution in [0, 0.1) is 5.82 Å². The fraction of sp³-hybridized carbons (Fsp3) is 0.235. The Morgan fingerprint density at radius 3 is 2.41 bits per heavy atom. The maximum atomic E-state index is 15.0. The lowest BCUT2D eigenvalue weighted by atomic mass is 9.99. The van der Waals surface area contributed by atoms with Gasteiger partial charge in [0.2, 0.25) is 0 Å². The van der Waals surface area contributed by atoms with E-state index in [9.17, 15) is 14.7 Å². The van der Waals surface area contributed by atoms with Crippen LogP contribution in [0.2, 0.25) is 0 Å². The highest BCUT2D eigenvalue weighted by atomic mass is 19.1. The molecule has 0 unspecified atom stereocenters. The number of aromatic nitrogens is 3. The molecule has 1 saturated heterocycles. The van der Waals surface area contributed by atoms with E-state index in [1.807, 2.05) is 30.3 Å². The van der Waals surface area contributed by atoms with Gasteiger partial charge in [-0.2, -0.15) is 0 Å². The van der Waals surface area contributed by atoms with Crippen molar-refractivity contribution in [2.24, 2.45) is 0 Å². The standard InChI is InChI=1S/C34H30FN5O4/c35-25-15-26(28(18-41)30(16-25)39-33(42)23-7-3-21(4-8-23)20-1-2-20)31-27-17-29(38-32(27)37-19-36-31)22-5-9-24(10-6-22)34(43)40-11-13-44-14-12-40/h3-10,15-17,19-20,41H,1-2,11-14,18H2,(H,39,42)(H,36,37,38). The van der Waals surface area contributed by atoms with Crippen LogP contribution in [0.3, 0.4) is 0 Å². The van der Waals surface area contributed by atoms with Crippen LogP contribution in [0.1, 0.15) is 50.6 Å². The third-order valence-electron chi connectivity index (χ3n) is 8.26. The Hall–Kier alpha value is -4.93. The number of morpholine rings is 1. The summed E-state index contributed by atoms with van der Waals surface area (Å²) < 4.78 is 20.4. The topological polar surface area (TPSA) is 120 Å². The number of rotatable bonds is 7. The van der Waals surface area contributed by atoms with Gasteiger partial charge in [0, 0.05) is 46.4 Å². The van der Waals surface area contributed by atoms with E-state index in [0.29, 0.717) is 71.2 Å². The van der Waals surface area contributed by atoms with Crippen molar-refractivity contribution in [2.45, 2.75) is 25.4 Å². The van der Waals surface area contributed by atoms with Crippen LogP contribution < -0.4 is 5.32 Å². The molecule has 222 valence electrons. The molecule has 3 heterocycles. The Bertz CT molecular complexity index is 1860. The first-order valence-electron chi connectivity index (χ1n) is 14.6. The van der Waals surface area contributed by atoms with Crippen molar-refractivity contribution in [3.05, 3.63) is 101 Å². The number of benzene rings is 3. The van der Waals surface area contributed by atoms with Crippen molar-refractivity contribution in [1.82, 2.24) is 19.9 Å². The monoisotopic (exact) mass is 591 g/mol. The highest BCUT2D eigenvalue weighted by Crippen LogP contribution is 2.40. The van der Waals surface area contributed by atoms with Gasteiger partial charge in [0.05, 0.1) is 31.2 Å². The van der Waals surface area contributed by atoms with Crippen molar-refractivity contribution in [1.29, 1.82) is 0 Å². The molecule has 3 N–H and O–H groups in total. The van der Waals surface area contributed by atoms with Gasteiger partial charge in [-0.3, -0.25) is 9.59 Å². The molecule has 44 heavy (non-hydrogen) atoms. The summed E-state index contributed by atoms with van der Waals surface area (Å²) in [4.78, 5) is 39.8. The molecule has 2 aromatic heterocycles. The molecule has 2 fully saturated rings. The van der Waals surface area contributed by atoms with Gasteiger partial charge >= 0.3 is 0 Å². The minimum Gasteiger partial charge on any atom is -0.392 e. The van der Waals surface area contributed by atoms with Crippen LogP contribution in [0.15, 0.2) is 73.1 Å². The zero-order valence-electron chi connectivity index (χ0n) is 23.8. The van der Waals surface area contributed by atoms with Gasteiger partial charge < -0.3 is 25.0 Å². The van der Waals surface area contributed by atoms with Crippen LogP contribution in [-0.4, -0.2) is 63.1 Å². The number of H-pyrrole nitrogens is 1. The molecule has 9 nitrogen and oxygen atoms in total. The predicted molar refractivity (Wildman–Crippen MR) is 164 cm³/mol. The largest absolute Gasteiger partial charge is 0.392 e. The third kappa shape index (κ3) is 5.45. The number of nitrogens with zero attached hydrogens (tertiary/aromatic N) is 3. The molecule has 1 aliphatic heterocycles. The van der Waals surface area contributed by atoms with Crippen LogP contribution in [0.5, 0.6) is 0 Å². The highest BCUT2D eigenvalue weighted by Gasteiger charge is 2.24. The Kier molecular flexibility index (Phi) is 7.37. The van der Waals surface area contributed by atoms with Crippen molar-refractivity contribution in [3.8, 4) is 22.5 Å². The highest BCUT2D eigenvalue weighted by molar-refractivity contribution is 6.05. The number of ether oxygens (including phenoxy) is 1. The molecule has 0 spiro atoms. The number of aromatic amines is 1. The Balaban J connectivity index is 1.19. The molecule has 1 saturated carbocycles. The van der Waals surface area contributed by atoms with Gasteiger partial charge in [-0.1, -0.05) is 24.3 Å². The number of nitrogens with one attached hydrogen (secondary N) is 2. The van der Waals surface area contributed by atoms with Crippen LogP contribution in [0.25, 0.3) is 33.5 Å². The number of amides is 2. The Morgan fingerprint density at radius 1 is 0.977 bits per heavy atom. The second-order valence-electron chi connectivity index (χ2n) is 11.1. The number of hydrogen-bond acceptors (Lipinski definition) is 6. The van der Waals surface area contributed by atoms with Crippen LogP contribution in [-0.2, 0) is 11.3 Å². The summed E-state index contributed by atoms with van der Waals surface area (Å²) in [6, 6.07) is 19.1. The molecule has 1 aliphatic carbocycles. The SMILES string of the molecule is O=C(Nc1cc(F)cc(-c2ncnc3[nH]c(-c4ccc(C(=O)N5CCOCC5)cc4)cc23)c1CO)c1ccc(C2CC2)cc1. The number of hydrogen-bond donors (Lipinski definition) is 3. The van der Waals surface area contributed by atoms with Gasteiger partial charge in [0.1, 0.15) is 17.8 Å². The quantitative estimate of drug-likeness (QED) is 0.229. The number of halogens is 1. The van der Waals surface area contributed by atoms with Crippen LogP contribution >= 0.6 is 0 Å². The zero-order chi connectivity index (χ0) is 30.2. The van der Waals surface area contributed by atoms with Gasteiger partial charge in [-0.05, 0) is 72.4 Å². The number of aliphatic hydroxyl groups excluding tert-OH is 1. The number of anilines is 1. The maximum Gasteiger partial charge on any atom is 0.255 e. The summed E-state index contributed by atoms with van der Waals surface area (Å²) in [5.74, 6) is -0.447. The summed E-state index contributed by atoms with van der Waals surface area (Å²) in [5, 5.41) is 13.8. The predicted octanol–water partition coefficient (Wildman–Crippen LogP) is 5.53. The Labute approximate surface area is 252 Å². The van der Waals surface area contributed by atoms with E-state index >= 15 is 4.39 Å². The summed E-state index contributed by atoms with van der Waals surface area (Å²) >= 11 is 0. The van der Waals surface area contributed by atoms with E-state index < -0.39 is 18.3 Å². The summed E-state index contributed by atoms with van der Waals surface area (Å²) in [7, 11) is 0. The van der Waals surface area contributed by atoms with E-state index in [2.05, 4.69) is 20.3 Å². The second-order valence-corrected chi connectivity index (χ2v) is 11.1. The van der Waals surface area contributed by atoms with Crippen molar-refractivity contribution >= 4 is 28.5 Å². The minimum atomic E-state index is -0.584. The van der Waals surface area contributed by atoms with Crippen LogP contribution in [0.4, 0.5) is 10.1 Å². The average Bonchev–Trinajstić information content (AvgIpc) is 3.82. The normalized spacial score (nSPS) is 15.0. The van der Waals surface area contributed by atoms with E-state index in [1.54, 1.807) is 29.2 Å². The van der Waals surface area contributed by atoms with Crippen molar-refractivity contribution in [2.75, 3.05) is 31.6 Å². The molecule has 0 atom stereocenters. The van der Waals surface area contributed by atoms with Gasteiger partial charge in [-0.25, -0.2) is 14.4 Å². The lowest BCUT2D eigenvalue weighted by Crippen LogP contribution is -2.40. The second kappa shape index (κ2) is 11.6. The lowest BCUT2D eigenvalue weighted by Gasteiger charge is -2.26. The van der Waals surface area contributed by atoms with Gasteiger partial charge in [0.25, 0.3) is 11.8 Å². The minimum absolute atomic E-state index is 0.0366. The molecule has 5 aromatic rings. The molecule has 0 radical (unpaired) electrons. The number of fused-ring (bicyclic) bond motifs is 1. The fourth-order valence-corrected chi connectivity index (χ4v) is 5.70. The lowest BCUT2D eigenvalue weighted by molar-refractivity contribution is 0.0303. The van der Waals surface area contributed by atoms with E-state index in [0.717, 1.165) is 11.3 Å². The Morgan fingerprint density at radius 2 is 1.70 bits per heavy atom. The number of carbonyl (C=O) groups is 2. The molecular formula is C34H30FN5O4. The molecule has 10 heteroatoms. The molecule has 2 amide bonds. The zero-order valence-corrected chi connectivity index (χ0v) is 23.8. The molecular weight excluding hydrogens is 561 g/mol. The first-order valence-corrected chi connectivity index (χ1v) is 14.6. The smallest absolute Gasteiger partial charge is 0.255 e. The maximum absolute atomic E-state index is 15.0. The van der Waals surface area contributed by atoms with Gasteiger partial charge in [-0.15, -0.1) is 0 Å². The molecule has 0 bridgehead atoms. The molecule has 3 aromatic carbocycles. The van der Waals surface area contributed by atoms with Crippen molar-refractivity contribution in [3.63, 3.8) is 0 Å². The van der Waals surface area contributed by atoms with Crippen molar-refractivity contribution < 1.29 is 23.8 Å².